The Balaban J connectivity index is 2.30. The quantitative estimate of drug-likeness (QED) is 0.590. The van der Waals surface area contributed by atoms with Crippen molar-refractivity contribution < 1.29 is 14.3 Å². The van der Waals surface area contributed by atoms with Crippen molar-refractivity contribution in [2.24, 2.45) is 5.92 Å². The Hall–Kier alpha value is -1.43. The van der Waals surface area contributed by atoms with Gasteiger partial charge in [0.1, 0.15) is 0 Å². The molecule has 6 heteroatoms. The number of nitrogens with zero attached hydrogens (tertiary/aromatic N) is 1. The SMILES string of the molecule is CNC(=O)C=C1CSC2=C(C(=O)OC)C(C)CN12. The number of likely N-dealkylation sites (N-methyl/N-ethyl adjacent to an activating group) is 1. The average Bonchev–Trinajstić information content (AvgIpc) is 2.87. The van der Waals surface area contributed by atoms with Crippen LogP contribution in [0, 0.1) is 5.92 Å². The number of thioether (sulfide) groups is 1. The third kappa shape index (κ3) is 2.12. The van der Waals surface area contributed by atoms with Gasteiger partial charge in [-0.1, -0.05) is 6.92 Å². The predicted octanol–water partition coefficient (Wildman–Crippen LogP) is 0.699. The molecule has 0 aliphatic carbocycles. The lowest BCUT2D eigenvalue weighted by molar-refractivity contribution is -0.136. The van der Waals surface area contributed by atoms with Crippen molar-refractivity contribution in [3.8, 4) is 0 Å². The second-order valence-electron chi connectivity index (χ2n) is 4.26. The van der Waals surface area contributed by atoms with E-state index in [1.54, 1.807) is 24.9 Å². The zero-order valence-corrected chi connectivity index (χ0v) is 11.5. The van der Waals surface area contributed by atoms with Crippen LogP contribution in [0.1, 0.15) is 6.92 Å². The number of ether oxygens (including phenoxy) is 1. The molecule has 0 spiro atoms. The maximum absolute atomic E-state index is 11.7. The predicted molar refractivity (Wildman–Crippen MR) is 69.5 cm³/mol. The number of hydrogen-bond donors (Lipinski definition) is 1. The third-order valence-electron chi connectivity index (χ3n) is 3.08. The van der Waals surface area contributed by atoms with Gasteiger partial charge in [-0.2, -0.15) is 0 Å². The molecule has 0 saturated carbocycles. The van der Waals surface area contributed by atoms with E-state index in [0.29, 0.717) is 0 Å². The Morgan fingerprint density at radius 2 is 2.28 bits per heavy atom. The van der Waals surface area contributed by atoms with Crippen molar-refractivity contribution in [1.29, 1.82) is 0 Å². The third-order valence-corrected chi connectivity index (χ3v) is 4.23. The number of amides is 1. The molecule has 2 rings (SSSR count). The Morgan fingerprint density at radius 1 is 1.56 bits per heavy atom. The van der Waals surface area contributed by atoms with Gasteiger partial charge in [-0.15, -0.1) is 11.8 Å². The highest BCUT2D eigenvalue weighted by molar-refractivity contribution is 8.03. The minimum atomic E-state index is -0.270. The van der Waals surface area contributed by atoms with E-state index in [9.17, 15) is 9.59 Å². The van der Waals surface area contributed by atoms with Crippen molar-refractivity contribution in [2.45, 2.75) is 6.92 Å². The molecule has 1 unspecified atom stereocenters. The summed E-state index contributed by atoms with van der Waals surface area (Å²) in [6, 6.07) is 0. The Labute approximate surface area is 110 Å². The number of carbonyl (C=O) groups excluding carboxylic acids is 2. The number of methoxy groups -OCH3 is 1. The molecule has 5 nitrogen and oxygen atoms in total. The second kappa shape index (κ2) is 5.06. The van der Waals surface area contributed by atoms with E-state index in [2.05, 4.69) is 5.32 Å². The van der Waals surface area contributed by atoms with Crippen molar-refractivity contribution in [2.75, 3.05) is 26.5 Å². The largest absolute Gasteiger partial charge is 0.466 e. The number of nitrogens with one attached hydrogen (secondary N) is 1. The first-order chi connectivity index (χ1) is 8.58. The first kappa shape index (κ1) is 13.0. The topological polar surface area (TPSA) is 58.6 Å². The Kier molecular flexibility index (Phi) is 3.65. The Bertz CT molecular complexity index is 456. The van der Waals surface area contributed by atoms with Crippen LogP contribution in [-0.2, 0) is 14.3 Å². The summed E-state index contributed by atoms with van der Waals surface area (Å²) >= 11 is 1.59. The van der Waals surface area contributed by atoms with Gasteiger partial charge in [-0.3, -0.25) is 4.79 Å². The summed E-state index contributed by atoms with van der Waals surface area (Å²) in [6.07, 6.45) is 1.59. The number of fused-ring (bicyclic) bond motifs is 1. The van der Waals surface area contributed by atoms with E-state index in [0.717, 1.165) is 28.6 Å². The van der Waals surface area contributed by atoms with Crippen LogP contribution >= 0.6 is 11.8 Å². The summed E-state index contributed by atoms with van der Waals surface area (Å²) in [5, 5.41) is 3.50. The van der Waals surface area contributed by atoms with Crippen LogP contribution < -0.4 is 5.32 Å². The smallest absolute Gasteiger partial charge is 0.336 e. The fourth-order valence-electron chi connectivity index (χ4n) is 2.17. The summed E-state index contributed by atoms with van der Waals surface area (Å²) < 4.78 is 4.81. The standard InChI is InChI=1S/C12H16N2O3S/c1-7-5-14-8(4-9(15)13-2)6-18-11(14)10(7)12(16)17-3/h4,7H,5-6H2,1-3H3,(H,13,15). The molecule has 2 aliphatic heterocycles. The highest BCUT2D eigenvalue weighted by atomic mass is 32.2. The first-order valence-electron chi connectivity index (χ1n) is 5.73. The number of hydrogen-bond acceptors (Lipinski definition) is 5. The van der Waals surface area contributed by atoms with Crippen LogP contribution in [0.25, 0.3) is 0 Å². The number of rotatable bonds is 2. The van der Waals surface area contributed by atoms with Gasteiger partial charge in [-0.25, -0.2) is 4.79 Å². The molecule has 1 saturated heterocycles. The lowest BCUT2D eigenvalue weighted by atomic mass is 10.1. The molecular weight excluding hydrogens is 252 g/mol. The van der Waals surface area contributed by atoms with E-state index in [1.807, 2.05) is 11.8 Å². The van der Waals surface area contributed by atoms with Crippen molar-refractivity contribution in [3.63, 3.8) is 0 Å². The molecular formula is C12H16N2O3S. The van der Waals surface area contributed by atoms with Crippen LogP contribution in [0.4, 0.5) is 0 Å². The summed E-state index contributed by atoms with van der Waals surface area (Å²) in [6.45, 7) is 2.73. The van der Waals surface area contributed by atoms with E-state index in [4.69, 9.17) is 4.74 Å². The monoisotopic (exact) mass is 268 g/mol. The first-order valence-corrected chi connectivity index (χ1v) is 6.72. The van der Waals surface area contributed by atoms with Gasteiger partial charge in [0.15, 0.2) is 0 Å². The van der Waals surface area contributed by atoms with E-state index in [-0.39, 0.29) is 17.8 Å². The van der Waals surface area contributed by atoms with Gasteiger partial charge in [0.25, 0.3) is 0 Å². The molecule has 1 fully saturated rings. The summed E-state index contributed by atoms with van der Waals surface area (Å²) in [7, 11) is 3.00. The minimum absolute atomic E-state index is 0.119. The molecule has 1 atom stereocenters. The van der Waals surface area contributed by atoms with Crippen molar-refractivity contribution >= 4 is 23.6 Å². The number of carbonyl (C=O) groups is 2. The molecule has 0 aromatic carbocycles. The Morgan fingerprint density at radius 3 is 2.89 bits per heavy atom. The zero-order valence-electron chi connectivity index (χ0n) is 10.6. The molecule has 2 heterocycles. The maximum Gasteiger partial charge on any atom is 0.336 e. The average molecular weight is 268 g/mol. The molecule has 1 N–H and O–H groups in total. The normalized spacial score (nSPS) is 24.5. The van der Waals surface area contributed by atoms with Gasteiger partial charge in [0, 0.05) is 37.0 Å². The molecule has 0 radical (unpaired) electrons. The van der Waals surface area contributed by atoms with Crippen molar-refractivity contribution in [3.05, 3.63) is 22.4 Å². The molecule has 2 aliphatic rings. The van der Waals surface area contributed by atoms with Crippen molar-refractivity contribution in [1.82, 2.24) is 10.2 Å². The fraction of sp³-hybridized carbons (Fsp3) is 0.500. The van der Waals surface area contributed by atoms with E-state index >= 15 is 0 Å². The summed E-state index contributed by atoms with van der Waals surface area (Å²) in [5.74, 6) is 0.462. The second-order valence-corrected chi connectivity index (χ2v) is 5.22. The summed E-state index contributed by atoms with van der Waals surface area (Å²) in [4.78, 5) is 25.2. The van der Waals surface area contributed by atoms with Gasteiger partial charge >= 0.3 is 5.97 Å². The number of esters is 1. The van der Waals surface area contributed by atoms with Crippen LogP contribution in [0.15, 0.2) is 22.4 Å². The maximum atomic E-state index is 11.7. The van der Waals surface area contributed by atoms with Gasteiger partial charge < -0.3 is 15.0 Å². The minimum Gasteiger partial charge on any atom is -0.466 e. The molecule has 98 valence electrons. The van der Waals surface area contributed by atoms with Crippen LogP contribution in [0.5, 0.6) is 0 Å². The summed E-state index contributed by atoms with van der Waals surface area (Å²) in [5.41, 5.74) is 1.67. The van der Waals surface area contributed by atoms with E-state index in [1.165, 1.54) is 7.11 Å². The van der Waals surface area contributed by atoms with Crippen LogP contribution in [0.2, 0.25) is 0 Å². The van der Waals surface area contributed by atoms with Crippen LogP contribution in [0.3, 0.4) is 0 Å². The molecule has 0 aromatic heterocycles. The van der Waals surface area contributed by atoms with Gasteiger partial charge in [0.05, 0.1) is 17.7 Å². The molecule has 0 aromatic rings. The van der Waals surface area contributed by atoms with Gasteiger partial charge in [0.2, 0.25) is 5.91 Å². The van der Waals surface area contributed by atoms with Gasteiger partial charge in [-0.05, 0) is 0 Å². The fourth-order valence-corrected chi connectivity index (χ4v) is 3.48. The van der Waals surface area contributed by atoms with E-state index < -0.39 is 0 Å². The lowest BCUT2D eigenvalue weighted by Crippen LogP contribution is -2.21. The van der Waals surface area contributed by atoms with Crippen LogP contribution in [-0.4, -0.2) is 43.2 Å². The highest BCUT2D eigenvalue weighted by Gasteiger charge is 2.39. The molecule has 0 bridgehead atoms. The lowest BCUT2D eigenvalue weighted by Gasteiger charge is -2.15. The molecule has 18 heavy (non-hydrogen) atoms. The zero-order chi connectivity index (χ0) is 13.3. The highest BCUT2D eigenvalue weighted by Crippen LogP contribution is 2.44. The molecule has 1 amide bonds.